The molecule has 0 bridgehead atoms. The highest BCUT2D eigenvalue weighted by atomic mass is 35.5. The van der Waals surface area contributed by atoms with Crippen molar-refractivity contribution in [1.82, 2.24) is 0 Å². The van der Waals surface area contributed by atoms with Crippen molar-refractivity contribution in [2.24, 2.45) is 0 Å². The number of hydrogen-bond donors (Lipinski definition) is 0. The third-order valence-electron chi connectivity index (χ3n) is 5.42. The third-order valence-corrected chi connectivity index (χ3v) is 7.75. The van der Waals surface area contributed by atoms with Gasteiger partial charge in [0, 0.05) is 12.8 Å². The summed E-state index contributed by atoms with van der Waals surface area (Å²) >= 11 is 14.7. The van der Waals surface area contributed by atoms with Crippen LogP contribution in [0.4, 0.5) is 32.0 Å². The number of alkyl halides is 6. The second-order valence-electron chi connectivity index (χ2n) is 7.65. The van der Waals surface area contributed by atoms with E-state index in [1.165, 1.54) is 0 Å². The van der Waals surface area contributed by atoms with Crippen molar-refractivity contribution in [2.75, 3.05) is 10.8 Å². The molecule has 14 heteroatoms. The Labute approximate surface area is 213 Å². The lowest BCUT2D eigenvalue weighted by molar-refractivity contribution is -0.242. The Balaban J connectivity index is 2.06. The molecule has 1 aliphatic heterocycles. The van der Waals surface area contributed by atoms with Crippen molar-refractivity contribution >= 4 is 57.5 Å². The summed E-state index contributed by atoms with van der Waals surface area (Å²) in [6.07, 6.45) is -10.2. The SMILES string of the molecule is CCC(=O)CCc1ccc(N2CC(c3cc(Cl)c(Cl)c(Cl)c3)(C(F)(F)F)OS2=O)cc1C(F)(F)F. The normalized spacial score (nSPS) is 21.0. The molecular formula is C21H16Cl3F6NO3S. The van der Waals surface area contributed by atoms with E-state index in [-0.39, 0.29) is 45.7 Å². The molecular weight excluding hydrogens is 567 g/mol. The van der Waals surface area contributed by atoms with Crippen LogP contribution in [0.3, 0.4) is 0 Å². The molecule has 0 spiro atoms. The number of halogens is 9. The molecule has 1 heterocycles. The van der Waals surface area contributed by atoms with E-state index in [2.05, 4.69) is 0 Å². The Morgan fingerprint density at radius 1 is 1.09 bits per heavy atom. The van der Waals surface area contributed by atoms with Gasteiger partial charge in [0.2, 0.25) is 5.60 Å². The Hall–Kier alpha value is -1.53. The summed E-state index contributed by atoms with van der Waals surface area (Å²) in [7, 11) is 0. The lowest BCUT2D eigenvalue weighted by atomic mass is 9.92. The lowest BCUT2D eigenvalue weighted by Crippen LogP contribution is -2.46. The molecule has 35 heavy (non-hydrogen) atoms. The van der Waals surface area contributed by atoms with Gasteiger partial charge >= 0.3 is 12.4 Å². The summed E-state index contributed by atoms with van der Waals surface area (Å²) < 4.78 is 102. The molecule has 2 unspecified atom stereocenters. The minimum Gasteiger partial charge on any atom is -0.300 e. The topological polar surface area (TPSA) is 46.6 Å². The molecule has 0 N–H and O–H groups in total. The number of anilines is 1. The minimum atomic E-state index is -5.16. The predicted molar refractivity (Wildman–Crippen MR) is 121 cm³/mol. The zero-order valence-electron chi connectivity index (χ0n) is 17.7. The molecule has 1 aliphatic rings. The zero-order chi connectivity index (χ0) is 26.3. The zero-order valence-corrected chi connectivity index (χ0v) is 20.8. The molecule has 0 aromatic heterocycles. The number of aryl methyl sites for hydroxylation is 1. The number of carbonyl (C=O) groups excluding carboxylic acids is 1. The molecule has 2 atom stereocenters. The maximum Gasteiger partial charge on any atom is 0.424 e. The van der Waals surface area contributed by atoms with Crippen molar-refractivity contribution < 1.29 is 39.5 Å². The first-order valence-electron chi connectivity index (χ1n) is 9.93. The van der Waals surface area contributed by atoms with Crippen LogP contribution in [0.5, 0.6) is 0 Å². The molecule has 3 rings (SSSR count). The van der Waals surface area contributed by atoms with Crippen LogP contribution in [-0.4, -0.2) is 22.7 Å². The highest BCUT2D eigenvalue weighted by Gasteiger charge is 2.64. The Morgan fingerprint density at radius 2 is 1.69 bits per heavy atom. The Morgan fingerprint density at radius 3 is 2.20 bits per heavy atom. The first-order valence-corrected chi connectivity index (χ1v) is 12.1. The van der Waals surface area contributed by atoms with Gasteiger partial charge in [0.1, 0.15) is 5.78 Å². The fourth-order valence-electron chi connectivity index (χ4n) is 3.51. The first kappa shape index (κ1) is 28.0. The van der Waals surface area contributed by atoms with Crippen LogP contribution < -0.4 is 4.31 Å². The fourth-order valence-corrected chi connectivity index (χ4v) is 5.25. The van der Waals surface area contributed by atoms with Crippen molar-refractivity contribution in [3.63, 3.8) is 0 Å². The van der Waals surface area contributed by atoms with E-state index in [0.29, 0.717) is 10.4 Å². The van der Waals surface area contributed by atoms with Crippen LogP contribution in [0.25, 0.3) is 0 Å². The number of carbonyl (C=O) groups is 1. The van der Waals surface area contributed by atoms with Crippen LogP contribution in [0.2, 0.25) is 15.1 Å². The quantitative estimate of drug-likeness (QED) is 0.263. The summed E-state index contributed by atoms with van der Waals surface area (Å²) in [6, 6.07) is 4.41. The van der Waals surface area contributed by atoms with E-state index >= 15 is 0 Å². The van der Waals surface area contributed by atoms with Crippen LogP contribution in [0.15, 0.2) is 30.3 Å². The molecule has 192 valence electrons. The largest absolute Gasteiger partial charge is 0.424 e. The number of ketones is 1. The average molecular weight is 583 g/mol. The second-order valence-corrected chi connectivity index (χ2v) is 9.88. The number of benzene rings is 2. The van der Waals surface area contributed by atoms with Crippen molar-refractivity contribution in [3.8, 4) is 0 Å². The predicted octanol–water partition coefficient (Wildman–Crippen LogP) is 7.45. The minimum absolute atomic E-state index is 0.132. The van der Waals surface area contributed by atoms with Crippen LogP contribution >= 0.6 is 34.8 Å². The Kier molecular flexibility index (Phi) is 8.08. The van der Waals surface area contributed by atoms with Gasteiger partial charge in [-0.25, -0.2) is 4.21 Å². The highest BCUT2D eigenvalue weighted by Crippen LogP contribution is 2.50. The lowest BCUT2D eigenvalue weighted by Gasteiger charge is -2.29. The van der Waals surface area contributed by atoms with Gasteiger partial charge in [-0.1, -0.05) is 47.8 Å². The monoisotopic (exact) mass is 581 g/mol. The van der Waals surface area contributed by atoms with Crippen molar-refractivity contribution in [2.45, 2.75) is 44.1 Å². The van der Waals surface area contributed by atoms with Gasteiger partial charge < -0.3 is 0 Å². The molecule has 0 saturated carbocycles. The standard InChI is InChI=1S/C21H16Cl3F6NO3S/c1-2-14(32)6-4-11-3-5-13(9-15(11)20(25,26)27)31-10-19(21(28,29)30,34-35(31)33)12-7-16(22)18(24)17(23)8-12/h3,5,7-9H,2,4,6,10H2,1H3. The molecule has 4 nitrogen and oxygen atoms in total. The van der Waals surface area contributed by atoms with E-state index in [9.17, 15) is 35.3 Å². The van der Waals surface area contributed by atoms with Gasteiger partial charge in [-0.15, -0.1) is 0 Å². The number of hydrogen-bond acceptors (Lipinski definition) is 3. The van der Waals surface area contributed by atoms with Gasteiger partial charge in [-0.05, 0) is 41.8 Å². The molecule has 1 saturated heterocycles. The molecule has 0 amide bonds. The second kappa shape index (κ2) is 10.1. The highest BCUT2D eigenvalue weighted by molar-refractivity contribution is 7.82. The summed E-state index contributed by atoms with van der Waals surface area (Å²) in [5.74, 6) is -0.244. The van der Waals surface area contributed by atoms with Gasteiger partial charge in [0.05, 0.1) is 32.9 Å². The maximum atomic E-state index is 14.3. The Bertz CT molecular complexity index is 1150. The number of Topliss-reactive ketones (excluding diaryl/α,β-unsaturated/α-hetero) is 1. The van der Waals surface area contributed by atoms with E-state index < -0.39 is 52.6 Å². The van der Waals surface area contributed by atoms with Gasteiger partial charge in [-0.3, -0.25) is 13.3 Å². The van der Waals surface area contributed by atoms with Crippen molar-refractivity contribution in [1.29, 1.82) is 0 Å². The molecule has 1 fully saturated rings. The van der Waals surface area contributed by atoms with Crippen molar-refractivity contribution in [3.05, 3.63) is 62.1 Å². The van der Waals surface area contributed by atoms with Gasteiger partial charge in [0.25, 0.3) is 11.3 Å². The van der Waals surface area contributed by atoms with Gasteiger partial charge in [-0.2, -0.15) is 26.3 Å². The summed E-state index contributed by atoms with van der Waals surface area (Å²) in [5.41, 5.74) is -5.63. The summed E-state index contributed by atoms with van der Waals surface area (Å²) in [6.45, 7) is 0.426. The third kappa shape index (κ3) is 5.58. The smallest absolute Gasteiger partial charge is 0.300 e. The molecule has 2 aromatic rings. The number of nitrogens with zero attached hydrogens (tertiary/aromatic N) is 1. The average Bonchev–Trinajstić information content (AvgIpc) is 3.13. The maximum absolute atomic E-state index is 14.3. The van der Waals surface area contributed by atoms with Crippen LogP contribution in [-0.2, 0) is 38.4 Å². The van der Waals surface area contributed by atoms with E-state index in [0.717, 1.165) is 24.3 Å². The van der Waals surface area contributed by atoms with E-state index in [4.69, 9.17) is 39.0 Å². The summed E-state index contributed by atoms with van der Waals surface area (Å²) in [5, 5.41) is -0.857. The molecule has 0 radical (unpaired) electrons. The molecule has 2 aromatic carbocycles. The fraction of sp³-hybridized carbons (Fsp3) is 0.381. The number of rotatable bonds is 6. The van der Waals surface area contributed by atoms with Crippen LogP contribution in [0, 0.1) is 0 Å². The van der Waals surface area contributed by atoms with Crippen LogP contribution in [0.1, 0.15) is 36.5 Å². The molecule has 0 aliphatic carbocycles. The van der Waals surface area contributed by atoms with E-state index in [1.807, 2.05) is 0 Å². The van der Waals surface area contributed by atoms with Gasteiger partial charge in [0.15, 0.2) is 0 Å². The first-order chi connectivity index (χ1) is 16.1. The van der Waals surface area contributed by atoms with E-state index in [1.54, 1.807) is 6.92 Å². The summed E-state index contributed by atoms with van der Waals surface area (Å²) in [4.78, 5) is 11.6.